The molecule has 7 heteroatoms. The van der Waals surface area contributed by atoms with Crippen LogP contribution in [0.5, 0.6) is 0 Å². The highest BCUT2D eigenvalue weighted by molar-refractivity contribution is 5.80. The van der Waals surface area contributed by atoms with Crippen molar-refractivity contribution in [2.45, 2.75) is 77.5 Å². The second-order valence-corrected chi connectivity index (χ2v) is 10.00. The number of carbonyl (C=O) groups is 2. The lowest BCUT2D eigenvalue weighted by Crippen LogP contribution is -2.70. The van der Waals surface area contributed by atoms with E-state index < -0.39 is 53.2 Å². The monoisotopic (exact) mass is 408 g/mol. The van der Waals surface area contributed by atoms with Gasteiger partial charge in [-0.2, -0.15) is 0 Å². The summed E-state index contributed by atoms with van der Waals surface area (Å²) in [4.78, 5) is 24.7. The van der Waals surface area contributed by atoms with E-state index in [1.807, 2.05) is 20.8 Å². The number of hydrogen-bond donors (Lipinski definition) is 2. The van der Waals surface area contributed by atoms with Crippen LogP contribution in [0, 0.1) is 28.1 Å². The van der Waals surface area contributed by atoms with Gasteiger partial charge >= 0.3 is 11.9 Å². The fourth-order valence-electron chi connectivity index (χ4n) is 6.54. The average molecular weight is 408 g/mol. The maximum Gasteiger partial charge on any atom is 0.338 e. The lowest BCUT2D eigenvalue weighted by Gasteiger charge is -2.63. The zero-order chi connectivity index (χ0) is 21.4. The third-order valence-corrected chi connectivity index (χ3v) is 8.80. The number of hydrogen-bond acceptors (Lipinski definition) is 7. The molecule has 0 spiro atoms. The van der Waals surface area contributed by atoms with Crippen LogP contribution in [0.3, 0.4) is 0 Å². The fraction of sp³-hybridized carbons (Fsp3) is 0.818. The highest BCUT2D eigenvalue weighted by atomic mass is 16.7. The third kappa shape index (κ3) is 2.60. The minimum Gasteiger partial charge on any atom is -0.460 e. The summed E-state index contributed by atoms with van der Waals surface area (Å²) in [5.41, 5.74) is -1.97. The molecule has 2 saturated heterocycles. The molecule has 2 saturated carbocycles. The Morgan fingerprint density at radius 3 is 2.69 bits per heavy atom. The summed E-state index contributed by atoms with van der Waals surface area (Å²) in [6.45, 7) is 11.3. The summed E-state index contributed by atoms with van der Waals surface area (Å²) < 4.78 is 17.6. The predicted molar refractivity (Wildman–Crippen MR) is 103 cm³/mol. The lowest BCUT2D eigenvalue weighted by atomic mass is 9.45. The molecule has 2 heterocycles. The molecule has 4 rings (SSSR count). The topological polar surface area (TPSA) is 106 Å². The predicted octanol–water partition coefficient (Wildman–Crippen LogP) is 1.60. The molecule has 29 heavy (non-hydrogen) atoms. The average Bonchev–Trinajstić information content (AvgIpc) is 3.51. The minimum atomic E-state index is -0.780. The Bertz CT molecular complexity index is 737. The van der Waals surface area contributed by atoms with E-state index in [1.54, 1.807) is 6.08 Å². The van der Waals surface area contributed by atoms with Crippen molar-refractivity contribution in [1.29, 1.82) is 0 Å². The quantitative estimate of drug-likeness (QED) is 0.415. The van der Waals surface area contributed by atoms with Crippen LogP contribution in [0.15, 0.2) is 12.7 Å². The Morgan fingerprint density at radius 2 is 2.07 bits per heavy atom. The Hall–Kier alpha value is -1.44. The van der Waals surface area contributed by atoms with Gasteiger partial charge in [0.15, 0.2) is 6.10 Å². The maximum absolute atomic E-state index is 12.5. The van der Waals surface area contributed by atoms with Crippen LogP contribution in [-0.2, 0) is 23.8 Å². The molecule has 0 unspecified atom stereocenters. The summed E-state index contributed by atoms with van der Waals surface area (Å²) in [7, 11) is 0. The highest BCUT2D eigenvalue weighted by Crippen LogP contribution is 2.67. The highest BCUT2D eigenvalue weighted by Gasteiger charge is 2.76. The lowest BCUT2D eigenvalue weighted by molar-refractivity contribution is -0.256. The van der Waals surface area contributed by atoms with Crippen LogP contribution in [0.25, 0.3) is 0 Å². The Balaban J connectivity index is 1.91. The molecule has 4 aliphatic rings. The van der Waals surface area contributed by atoms with Gasteiger partial charge in [0.25, 0.3) is 0 Å². The molecule has 2 N–H and O–H groups in total. The number of aliphatic hydroxyl groups is 2. The van der Waals surface area contributed by atoms with E-state index >= 15 is 0 Å². The maximum atomic E-state index is 12.5. The minimum absolute atomic E-state index is 0.0942. The third-order valence-electron chi connectivity index (χ3n) is 8.80. The molecular weight excluding hydrogens is 376 g/mol. The first-order valence-electron chi connectivity index (χ1n) is 10.5. The first-order chi connectivity index (χ1) is 13.6. The van der Waals surface area contributed by atoms with Gasteiger partial charge < -0.3 is 24.4 Å². The number of fused-ring (bicyclic) bond motifs is 1. The number of aliphatic hydroxyl groups excluding tert-OH is 2. The summed E-state index contributed by atoms with van der Waals surface area (Å²) in [6.07, 6.45) is 0.792. The molecule has 0 aromatic rings. The van der Waals surface area contributed by atoms with Crippen LogP contribution < -0.4 is 0 Å². The number of rotatable bonds is 3. The van der Waals surface area contributed by atoms with E-state index in [-0.39, 0.29) is 23.9 Å². The van der Waals surface area contributed by atoms with Crippen molar-refractivity contribution in [2.24, 2.45) is 28.1 Å². The van der Waals surface area contributed by atoms with Crippen molar-refractivity contribution in [3.8, 4) is 0 Å². The molecule has 4 fully saturated rings. The van der Waals surface area contributed by atoms with Crippen molar-refractivity contribution in [1.82, 2.24) is 0 Å². The normalized spacial score (nSPS) is 53.4. The molecule has 0 aromatic heterocycles. The van der Waals surface area contributed by atoms with Crippen LogP contribution >= 0.6 is 0 Å². The van der Waals surface area contributed by atoms with Crippen molar-refractivity contribution >= 4 is 11.9 Å². The Kier molecular flexibility index (Phi) is 4.69. The van der Waals surface area contributed by atoms with Gasteiger partial charge in [-0.1, -0.05) is 33.8 Å². The molecule has 2 aliphatic carbocycles. The zero-order valence-corrected chi connectivity index (χ0v) is 17.6. The van der Waals surface area contributed by atoms with Gasteiger partial charge in [0.2, 0.25) is 0 Å². The standard InChI is InChI=1S/C22H32O7/c1-6-20(4)9-13(27-14(24)10-23)21(5)11(2)7-8-22(12(3)16(20)25)17-15(28-17)18(26)29-19(21)22/h6,11-13,15-17,19,23,25H,1,7-10H2,2-5H3/t11-,12+,13-,15+,16+,17-,19-,20-,21+,22-/m1/s1. The van der Waals surface area contributed by atoms with Crippen LogP contribution in [-0.4, -0.2) is 59.3 Å². The summed E-state index contributed by atoms with van der Waals surface area (Å²) in [5, 5.41) is 20.8. The van der Waals surface area contributed by atoms with Gasteiger partial charge in [-0.3, -0.25) is 0 Å². The molecule has 162 valence electrons. The largest absolute Gasteiger partial charge is 0.460 e. The van der Waals surface area contributed by atoms with E-state index in [1.165, 1.54) is 0 Å². The molecular formula is C22H32O7. The van der Waals surface area contributed by atoms with Gasteiger partial charge in [0.1, 0.15) is 24.9 Å². The first kappa shape index (κ1) is 20.8. The number of ether oxygens (including phenoxy) is 3. The SMILES string of the molecule is C=C[C@]1(C)C[C@@H](OC(=O)CO)[C@]2(C)[C@H](C)CC[C@]3([C@@H]4O[C@@H]4C(=O)O[C@H]23)[C@@H](C)[C@@H]1O. The number of carbonyl (C=O) groups excluding carboxylic acids is 2. The van der Waals surface area contributed by atoms with Gasteiger partial charge in [0, 0.05) is 16.2 Å². The van der Waals surface area contributed by atoms with E-state index in [4.69, 9.17) is 14.2 Å². The molecule has 0 radical (unpaired) electrons. The van der Waals surface area contributed by atoms with Gasteiger partial charge in [-0.25, -0.2) is 9.59 Å². The Morgan fingerprint density at radius 1 is 1.38 bits per heavy atom. The van der Waals surface area contributed by atoms with E-state index in [2.05, 4.69) is 13.5 Å². The van der Waals surface area contributed by atoms with E-state index in [0.717, 1.165) is 12.8 Å². The second-order valence-electron chi connectivity index (χ2n) is 10.00. The van der Waals surface area contributed by atoms with Gasteiger partial charge in [-0.05, 0) is 31.1 Å². The van der Waals surface area contributed by atoms with E-state index in [0.29, 0.717) is 6.42 Å². The van der Waals surface area contributed by atoms with Crippen molar-refractivity contribution in [3.63, 3.8) is 0 Å². The Labute approximate surface area is 171 Å². The number of epoxide rings is 1. The van der Waals surface area contributed by atoms with Crippen LogP contribution in [0.1, 0.15) is 47.0 Å². The van der Waals surface area contributed by atoms with Crippen molar-refractivity contribution in [2.75, 3.05) is 6.61 Å². The second kappa shape index (κ2) is 6.53. The molecule has 0 amide bonds. The van der Waals surface area contributed by atoms with Crippen molar-refractivity contribution in [3.05, 3.63) is 12.7 Å². The molecule has 2 aliphatic heterocycles. The zero-order valence-electron chi connectivity index (χ0n) is 17.6. The number of esters is 2. The summed E-state index contributed by atoms with van der Waals surface area (Å²) >= 11 is 0. The first-order valence-corrected chi connectivity index (χ1v) is 10.5. The molecule has 0 aromatic carbocycles. The fourth-order valence-corrected chi connectivity index (χ4v) is 6.54. The smallest absolute Gasteiger partial charge is 0.338 e. The van der Waals surface area contributed by atoms with Gasteiger partial charge in [-0.15, -0.1) is 6.58 Å². The van der Waals surface area contributed by atoms with Crippen LogP contribution in [0.2, 0.25) is 0 Å². The summed E-state index contributed by atoms with van der Waals surface area (Å²) in [5.74, 6) is -1.22. The van der Waals surface area contributed by atoms with Gasteiger partial charge in [0.05, 0.1) is 6.10 Å². The van der Waals surface area contributed by atoms with Crippen LogP contribution in [0.4, 0.5) is 0 Å². The molecule has 2 bridgehead atoms. The van der Waals surface area contributed by atoms with E-state index in [9.17, 15) is 19.8 Å². The van der Waals surface area contributed by atoms with Crippen molar-refractivity contribution < 1.29 is 34.0 Å². The molecule has 10 atom stereocenters. The summed E-state index contributed by atoms with van der Waals surface area (Å²) in [6, 6.07) is 0. The molecule has 7 nitrogen and oxygen atoms in total.